The number of nitrogens with zero attached hydrogens (tertiary/aromatic N) is 2. The zero-order valence-electron chi connectivity index (χ0n) is 11.2. The molecule has 0 spiro atoms. The van der Waals surface area contributed by atoms with Gasteiger partial charge in [-0.25, -0.2) is 13.1 Å². The van der Waals surface area contributed by atoms with Crippen LogP contribution in [0.2, 0.25) is 0 Å². The van der Waals surface area contributed by atoms with E-state index in [4.69, 9.17) is 0 Å². The summed E-state index contributed by atoms with van der Waals surface area (Å²) in [6.45, 7) is 4.05. The molecule has 0 saturated carbocycles. The lowest BCUT2D eigenvalue weighted by atomic mass is 10.2. The van der Waals surface area contributed by atoms with E-state index in [0.717, 1.165) is 17.0 Å². The molecule has 0 amide bonds. The minimum atomic E-state index is -3.47. The van der Waals surface area contributed by atoms with Crippen molar-refractivity contribution in [2.24, 2.45) is 7.05 Å². The number of hydrogen-bond donors (Lipinski definition) is 1. The first-order chi connectivity index (χ1) is 8.92. The maximum Gasteiger partial charge on any atom is 0.240 e. The summed E-state index contributed by atoms with van der Waals surface area (Å²) in [6.07, 6.45) is 0. The Morgan fingerprint density at radius 1 is 1.21 bits per heavy atom. The van der Waals surface area contributed by atoms with E-state index in [9.17, 15) is 8.42 Å². The second-order valence-corrected chi connectivity index (χ2v) is 6.18. The fourth-order valence-electron chi connectivity index (χ4n) is 1.92. The quantitative estimate of drug-likeness (QED) is 0.922. The van der Waals surface area contributed by atoms with Gasteiger partial charge in [0.2, 0.25) is 10.0 Å². The molecule has 6 heteroatoms. The minimum Gasteiger partial charge on any atom is -0.272 e. The van der Waals surface area contributed by atoms with Gasteiger partial charge in [0.1, 0.15) is 0 Å². The number of aryl methyl sites for hydroxylation is 2. The summed E-state index contributed by atoms with van der Waals surface area (Å²) in [5.41, 5.74) is 2.73. The highest BCUT2D eigenvalue weighted by Crippen LogP contribution is 2.13. The Bertz CT molecular complexity index is 675. The third kappa shape index (κ3) is 2.85. The van der Waals surface area contributed by atoms with Gasteiger partial charge in [-0.05, 0) is 26.0 Å². The summed E-state index contributed by atoms with van der Waals surface area (Å²) in [5.74, 6) is 0. The van der Waals surface area contributed by atoms with Crippen molar-refractivity contribution in [3.8, 4) is 0 Å². The predicted octanol–water partition coefficient (Wildman–Crippen LogP) is 1.52. The van der Waals surface area contributed by atoms with E-state index in [1.54, 1.807) is 35.0 Å². The van der Waals surface area contributed by atoms with Gasteiger partial charge in [-0.15, -0.1) is 0 Å². The SMILES string of the molecule is Cc1nn(C)c(C)c1CNS(=O)(=O)c1ccccc1. The molecular formula is C13H17N3O2S. The van der Waals surface area contributed by atoms with E-state index in [0.29, 0.717) is 0 Å². The molecule has 1 N–H and O–H groups in total. The van der Waals surface area contributed by atoms with Crippen LogP contribution < -0.4 is 4.72 Å². The van der Waals surface area contributed by atoms with Gasteiger partial charge in [-0.3, -0.25) is 4.68 Å². The van der Waals surface area contributed by atoms with Crippen molar-refractivity contribution in [2.75, 3.05) is 0 Å². The molecule has 0 fully saturated rings. The van der Waals surface area contributed by atoms with Gasteiger partial charge in [0.15, 0.2) is 0 Å². The van der Waals surface area contributed by atoms with E-state index in [1.165, 1.54) is 0 Å². The van der Waals surface area contributed by atoms with Crippen LogP contribution in [0.4, 0.5) is 0 Å². The summed E-state index contributed by atoms with van der Waals surface area (Å²) < 4.78 is 28.6. The molecule has 0 unspecified atom stereocenters. The Hall–Kier alpha value is -1.66. The van der Waals surface area contributed by atoms with E-state index in [-0.39, 0.29) is 11.4 Å². The first-order valence-electron chi connectivity index (χ1n) is 5.95. The predicted molar refractivity (Wildman–Crippen MR) is 73.1 cm³/mol. The van der Waals surface area contributed by atoms with Crippen LogP contribution in [0.15, 0.2) is 35.2 Å². The molecule has 0 saturated heterocycles. The van der Waals surface area contributed by atoms with Gasteiger partial charge in [0, 0.05) is 24.8 Å². The Kier molecular flexibility index (Phi) is 3.73. The van der Waals surface area contributed by atoms with Crippen molar-refractivity contribution in [3.05, 3.63) is 47.3 Å². The first kappa shape index (κ1) is 13.8. The number of benzene rings is 1. The third-order valence-corrected chi connectivity index (χ3v) is 4.57. The molecule has 0 bridgehead atoms. The topological polar surface area (TPSA) is 64.0 Å². The van der Waals surface area contributed by atoms with Crippen LogP contribution in [0.1, 0.15) is 17.0 Å². The molecule has 1 aromatic carbocycles. The van der Waals surface area contributed by atoms with Crippen LogP contribution in [0.25, 0.3) is 0 Å². The lowest BCUT2D eigenvalue weighted by Crippen LogP contribution is -2.23. The maximum atomic E-state index is 12.1. The van der Waals surface area contributed by atoms with Crippen LogP contribution in [-0.4, -0.2) is 18.2 Å². The molecule has 0 aliphatic rings. The highest BCUT2D eigenvalue weighted by molar-refractivity contribution is 7.89. The molecule has 0 aliphatic heterocycles. The maximum absolute atomic E-state index is 12.1. The van der Waals surface area contributed by atoms with Crippen LogP contribution in [0.5, 0.6) is 0 Å². The summed E-state index contributed by atoms with van der Waals surface area (Å²) in [4.78, 5) is 0.272. The molecule has 0 aliphatic carbocycles. The lowest BCUT2D eigenvalue weighted by molar-refractivity contribution is 0.581. The van der Waals surface area contributed by atoms with Crippen molar-refractivity contribution in [3.63, 3.8) is 0 Å². The van der Waals surface area contributed by atoms with Gasteiger partial charge in [0.25, 0.3) is 0 Å². The van der Waals surface area contributed by atoms with Gasteiger partial charge >= 0.3 is 0 Å². The lowest BCUT2D eigenvalue weighted by Gasteiger charge is -2.07. The molecule has 1 aromatic heterocycles. The second-order valence-electron chi connectivity index (χ2n) is 4.41. The summed E-state index contributed by atoms with van der Waals surface area (Å²) in [5, 5.41) is 4.27. The Morgan fingerprint density at radius 3 is 2.37 bits per heavy atom. The number of nitrogens with one attached hydrogen (secondary N) is 1. The summed E-state index contributed by atoms with van der Waals surface area (Å²) in [6, 6.07) is 8.34. The molecular weight excluding hydrogens is 262 g/mol. The highest BCUT2D eigenvalue weighted by atomic mass is 32.2. The monoisotopic (exact) mass is 279 g/mol. The van der Waals surface area contributed by atoms with Crippen LogP contribution in [-0.2, 0) is 23.6 Å². The fraction of sp³-hybridized carbons (Fsp3) is 0.308. The first-order valence-corrected chi connectivity index (χ1v) is 7.44. The molecule has 2 aromatic rings. The van der Waals surface area contributed by atoms with Gasteiger partial charge in [0.05, 0.1) is 10.6 Å². The minimum absolute atomic E-state index is 0.253. The highest BCUT2D eigenvalue weighted by Gasteiger charge is 2.16. The molecule has 5 nitrogen and oxygen atoms in total. The van der Waals surface area contributed by atoms with Crippen LogP contribution >= 0.6 is 0 Å². The van der Waals surface area contributed by atoms with Gasteiger partial charge in [-0.2, -0.15) is 5.10 Å². The Morgan fingerprint density at radius 2 is 1.84 bits per heavy atom. The normalized spacial score (nSPS) is 11.7. The van der Waals surface area contributed by atoms with Gasteiger partial charge < -0.3 is 0 Å². The smallest absolute Gasteiger partial charge is 0.240 e. The van der Waals surface area contributed by atoms with Crippen molar-refractivity contribution in [1.82, 2.24) is 14.5 Å². The fourth-order valence-corrected chi connectivity index (χ4v) is 2.94. The summed E-state index contributed by atoms with van der Waals surface area (Å²) >= 11 is 0. The van der Waals surface area contributed by atoms with E-state index < -0.39 is 10.0 Å². The molecule has 19 heavy (non-hydrogen) atoms. The molecule has 102 valence electrons. The van der Waals surface area contributed by atoms with Crippen molar-refractivity contribution in [2.45, 2.75) is 25.3 Å². The number of hydrogen-bond acceptors (Lipinski definition) is 3. The zero-order valence-corrected chi connectivity index (χ0v) is 12.0. The average Bonchev–Trinajstić information content (AvgIpc) is 2.62. The Balaban J connectivity index is 2.19. The summed E-state index contributed by atoms with van der Waals surface area (Å²) in [7, 11) is -1.62. The number of sulfonamides is 1. The van der Waals surface area contributed by atoms with Crippen LogP contribution in [0.3, 0.4) is 0 Å². The van der Waals surface area contributed by atoms with E-state index >= 15 is 0 Å². The largest absolute Gasteiger partial charge is 0.272 e. The van der Waals surface area contributed by atoms with Gasteiger partial charge in [-0.1, -0.05) is 18.2 Å². The van der Waals surface area contributed by atoms with Crippen molar-refractivity contribution >= 4 is 10.0 Å². The molecule has 1 heterocycles. The van der Waals surface area contributed by atoms with Crippen molar-refractivity contribution < 1.29 is 8.42 Å². The number of aromatic nitrogens is 2. The average molecular weight is 279 g/mol. The standard InChI is InChI=1S/C13H17N3O2S/c1-10-13(11(2)16(3)15-10)9-14-19(17,18)12-7-5-4-6-8-12/h4-8,14H,9H2,1-3H3. The zero-order chi connectivity index (χ0) is 14.0. The molecule has 2 rings (SSSR count). The second kappa shape index (κ2) is 5.14. The molecule has 0 atom stereocenters. The third-order valence-electron chi connectivity index (χ3n) is 3.15. The van der Waals surface area contributed by atoms with E-state index in [1.807, 2.05) is 20.9 Å². The Labute approximate surface area is 113 Å². The number of rotatable bonds is 4. The van der Waals surface area contributed by atoms with Crippen LogP contribution in [0, 0.1) is 13.8 Å². The van der Waals surface area contributed by atoms with Crippen molar-refractivity contribution in [1.29, 1.82) is 0 Å². The molecule has 0 radical (unpaired) electrons. The van der Waals surface area contributed by atoms with E-state index in [2.05, 4.69) is 9.82 Å².